The summed E-state index contributed by atoms with van der Waals surface area (Å²) in [6.07, 6.45) is 15.3. The standard InChI is InChI=1S/C26H54NO6P/c1-6-7-8-9-10-11-12-13-14-15-16-24(2)19-25(3)20-31-21-26(32-23-28)22-33-34(29,30)18-17-27(4)5/h23-26H,6-22H2,1-5H3,(H,29,30). The summed E-state index contributed by atoms with van der Waals surface area (Å²) in [5, 5.41) is 0. The Morgan fingerprint density at radius 3 is 2.03 bits per heavy atom. The first-order valence-corrected chi connectivity index (χ1v) is 15.2. The maximum atomic E-state index is 12.1. The van der Waals surface area contributed by atoms with Gasteiger partial charge in [0.15, 0.2) is 0 Å². The van der Waals surface area contributed by atoms with Crippen LogP contribution in [0.15, 0.2) is 0 Å². The molecule has 0 saturated heterocycles. The zero-order valence-electron chi connectivity index (χ0n) is 22.7. The molecule has 0 amide bonds. The highest BCUT2D eigenvalue weighted by molar-refractivity contribution is 7.52. The Hall–Kier alpha value is -0.460. The van der Waals surface area contributed by atoms with E-state index in [0.29, 0.717) is 31.5 Å². The molecular formula is C26H54NO6P. The van der Waals surface area contributed by atoms with Crippen molar-refractivity contribution in [3.8, 4) is 0 Å². The molecule has 0 radical (unpaired) electrons. The first-order chi connectivity index (χ1) is 16.2. The Morgan fingerprint density at radius 2 is 1.47 bits per heavy atom. The van der Waals surface area contributed by atoms with Crippen molar-refractivity contribution in [1.82, 2.24) is 4.90 Å². The largest absolute Gasteiger partial charge is 0.460 e. The predicted octanol–water partition coefficient (Wildman–Crippen LogP) is 6.28. The lowest BCUT2D eigenvalue weighted by Crippen LogP contribution is -2.27. The number of carbonyl (C=O) groups excluding carboxylic acids is 1. The minimum Gasteiger partial charge on any atom is -0.460 e. The topological polar surface area (TPSA) is 85.3 Å². The Bertz CT molecular complexity index is 520. The first kappa shape index (κ1) is 33.5. The van der Waals surface area contributed by atoms with E-state index in [2.05, 4.69) is 20.8 Å². The second-order valence-electron chi connectivity index (χ2n) is 10.3. The summed E-state index contributed by atoms with van der Waals surface area (Å²) >= 11 is 0. The van der Waals surface area contributed by atoms with Crippen molar-refractivity contribution < 1.29 is 28.3 Å². The van der Waals surface area contributed by atoms with E-state index < -0.39 is 13.7 Å². The molecule has 0 aliphatic carbocycles. The summed E-state index contributed by atoms with van der Waals surface area (Å²) in [6.45, 7) is 8.09. The van der Waals surface area contributed by atoms with E-state index in [0.717, 1.165) is 6.42 Å². The highest BCUT2D eigenvalue weighted by Crippen LogP contribution is 2.41. The molecule has 34 heavy (non-hydrogen) atoms. The maximum absolute atomic E-state index is 12.1. The van der Waals surface area contributed by atoms with Crippen molar-refractivity contribution in [3.63, 3.8) is 0 Å². The number of ether oxygens (including phenoxy) is 2. The fraction of sp³-hybridized carbons (Fsp3) is 0.962. The smallest absolute Gasteiger partial charge is 0.329 e. The van der Waals surface area contributed by atoms with Gasteiger partial charge >= 0.3 is 7.60 Å². The molecule has 0 aliphatic heterocycles. The summed E-state index contributed by atoms with van der Waals surface area (Å²) in [7, 11) is -0.0638. The predicted molar refractivity (Wildman–Crippen MR) is 140 cm³/mol. The molecule has 0 fully saturated rings. The van der Waals surface area contributed by atoms with Gasteiger partial charge in [0.2, 0.25) is 0 Å². The van der Waals surface area contributed by atoms with Gasteiger partial charge < -0.3 is 23.8 Å². The third-order valence-electron chi connectivity index (χ3n) is 6.10. The van der Waals surface area contributed by atoms with Crippen LogP contribution in [0, 0.1) is 11.8 Å². The van der Waals surface area contributed by atoms with Crippen LogP contribution in [-0.4, -0.2) is 69.0 Å². The molecular weight excluding hydrogens is 453 g/mol. The lowest BCUT2D eigenvalue weighted by Gasteiger charge is -2.21. The van der Waals surface area contributed by atoms with Crippen LogP contribution in [-0.2, 0) is 23.4 Å². The third kappa shape index (κ3) is 22.0. The van der Waals surface area contributed by atoms with Crippen molar-refractivity contribution in [3.05, 3.63) is 0 Å². The molecule has 0 aliphatic rings. The van der Waals surface area contributed by atoms with Crippen LogP contribution in [0.1, 0.15) is 97.8 Å². The third-order valence-corrected chi connectivity index (χ3v) is 7.42. The lowest BCUT2D eigenvalue weighted by molar-refractivity contribution is -0.139. The van der Waals surface area contributed by atoms with Crippen LogP contribution in [0.2, 0.25) is 0 Å². The van der Waals surface area contributed by atoms with Gasteiger partial charge in [-0.2, -0.15) is 0 Å². The molecule has 0 bridgehead atoms. The molecule has 0 aromatic heterocycles. The van der Waals surface area contributed by atoms with E-state index in [1.54, 1.807) is 0 Å². The highest BCUT2D eigenvalue weighted by atomic mass is 31.2. The average molecular weight is 508 g/mol. The average Bonchev–Trinajstić information content (AvgIpc) is 2.77. The second-order valence-corrected chi connectivity index (χ2v) is 12.2. The van der Waals surface area contributed by atoms with Crippen molar-refractivity contribution >= 4 is 14.1 Å². The number of rotatable bonds is 25. The van der Waals surface area contributed by atoms with Crippen LogP contribution in [0.5, 0.6) is 0 Å². The molecule has 204 valence electrons. The van der Waals surface area contributed by atoms with Crippen LogP contribution in [0.4, 0.5) is 0 Å². The van der Waals surface area contributed by atoms with Gasteiger partial charge in [-0.25, -0.2) is 0 Å². The minimum absolute atomic E-state index is 0.0304. The van der Waals surface area contributed by atoms with E-state index in [1.165, 1.54) is 70.6 Å². The minimum atomic E-state index is -3.71. The number of carbonyl (C=O) groups is 1. The number of unbranched alkanes of at least 4 members (excludes halogenated alkanes) is 9. The molecule has 0 heterocycles. The molecule has 7 nitrogen and oxygen atoms in total. The van der Waals surface area contributed by atoms with Gasteiger partial charge in [-0.1, -0.05) is 91.4 Å². The zero-order valence-corrected chi connectivity index (χ0v) is 23.6. The Morgan fingerprint density at radius 1 is 0.882 bits per heavy atom. The SMILES string of the molecule is CCCCCCCCCCCCC(C)CC(C)COCC(COP(=O)(O)CCN(C)C)OC=O. The van der Waals surface area contributed by atoms with Gasteiger partial charge in [0.25, 0.3) is 6.47 Å². The Labute approximate surface area is 209 Å². The number of nitrogens with zero attached hydrogens (tertiary/aromatic N) is 1. The van der Waals surface area contributed by atoms with Crippen molar-refractivity contribution in [2.45, 2.75) is 104 Å². The van der Waals surface area contributed by atoms with Gasteiger partial charge in [0.1, 0.15) is 6.10 Å². The van der Waals surface area contributed by atoms with Crippen molar-refractivity contribution in [2.75, 3.05) is 46.6 Å². The fourth-order valence-electron chi connectivity index (χ4n) is 4.05. The highest BCUT2D eigenvalue weighted by Gasteiger charge is 2.23. The zero-order chi connectivity index (χ0) is 25.7. The maximum Gasteiger partial charge on any atom is 0.329 e. The lowest BCUT2D eigenvalue weighted by atomic mass is 9.93. The fourth-order valence-corrected chi connectivity index (χ4v) is 5.23. The van der Waals surface area contributed by atoms with Crippen LogP contribution in [0.25, 0.3) is 0 Å². The molecule has 0 aromatic carbocycles. The van der Waals surface area contributed by atoms with E-state index in [9.17, 15) is 14.3 Å². The molecule has 4 unspecified atom stereocenters. The summed E-state index contributed by atoms with van der Waals surface area (Å²) in [5.41, 5.74) is 0. The number of hydrogen-bond donors (Lipinski definition) is 1. The van der Waals surface area contributed by atoms with Gasteiger partial charge in [0.05, 0.1) is 19.4 Å². The summed E-state index contributed by atoms with van der Waals surface area (Å²) < 4.78 is 27.9. The molecule has 1 N–H and O–H groups in total. The van der Waals surface area contributed by atoms with E-state index >= 15 is 0 Å². The summed E-state index contributed by atoms with van der Waals surface area (Å²) in [4.78, 5) is 22.5. The molecule has 8 heteroatoms. The molecule has 0 spiro atoms. The summed E-state index contributed by atoms with van der Waals surface area (Å²) in [6, 6.07) is 0. The second kappa shape index (κ2) is 21.8. The van der Waals surface area contributed by atoms with E-state index in [1.807, 2.05) is 19.0 Å². The van der Waals surface area contributed by atoms with Crippen LogP contribution >= 0.6 is 7.60 Å². The first-order valence-electron chi connectivity index (χ1n) is 13.5. The van der Waals surface area contributed by atoms with E-state index in [-0.39, 0.29) is 19.4 Å². The normalized spacial score (nSPS) is 16.2. The molecule has 0 saturated carbocycles. The number of hydrogen-bond acceptors (Lipinski definition) is 6. The van der Waals surface area contributed by atoms with E-state index in [4.69, 9.17) is 14.0 Å². The van der Waals surface area contributed by atoms with Gasteiger partial charge in [-0.15, -0.1) is 0 Å². The Balaban J connectivity index is 3.90. The van der Waals surface area contributed by atoms with Crippen molar-refractivity contribution in [1.29, 1.82) is 0 Å². The van der Waals surface area contributed by atoms with Crippen LogP contribution in [0.3, 0.4) is 0 Å². The van der Waals surface area contributed by atoms with Crippen LogP contribution < -0.4 is 0 Å². The quantitative estimate of drug-likeness (QED) is 0.0884. The summed E-state index contributed by atoms with van der Waals surface area (Å²) in [5.74, 6) is 1.06. The molecule has 0 aromatic rings. The van der Waals surface area contributed by atoms with Gasteiger partial charge in [-0.05, 0) is 32.4 Å². The van der Waals surface area contributed by atoms with Gasteiger partial charge in [0, 0.05) is 13.2 Å². The van der Waals surface area contributed by atoms with Crippen molar-refractivity contribution in [2.24, 2.45) is 11.8 Å². The molecule has 4 atom stereocenters. The molecule has 0 rings (SSSR count). The van der Waals surface area contributed by atoms with Gasteiger partial charge in [-0.3, -0.25) is 9.36 Å². The monoisotopic (exact) mass is 507 g/mol. The Kier molecular flexibility index (Phi) is 21.5.